The standard InChI is InChI=1S/C16H11ClF3N3O3S/c17-10-5-2-1-4-9(10)8-23-13(25)15(16(18,19)20,22-14(23)26)21-12(24)11-6-3-7-27-11/h1-7H,8H2,(H,21,24)(H,22,26). The van der Waals surface area contributed by atoms with E-state index in [1.807, 2.05) is 0 Å². The molecule has 2 heterocycles. The molecule has 0 spiro atoms. The molecular weight excluding hydrogens is 407 g/mol. The molecule has 1 saturated heterocycles. The predicted molar refractivity (Wildman–Crippen MR) is 91.1 cm³/mol. The van der Waals surface area contributed by atoms with E-state index in [1.165, 1.54) is 29.6 Å². The number of rotatable bonds is 4. The number of halogens is 4. The first kappa shape index (κ1) is 19.2. The molecule has 11 heteroatoms. The first-order valence-electron chi connectivity index (χ1n) is 7.46. The van der Waals surface area contributed by atoms with Gasteiger partial charge in [-0.15, -0.1) is 11.3 Å². The monoisotopic (exact) mass is 417 g/mol. The van der Waals surface area contributed by atoms with Crippen molar-refractivity contribution in [3.63, 3.8) is 0 Å². The van der Waals surface area contributed by atoms with E-state index < -0.39 is 36.2 Å². The van der Waals surface area contributed by atoms with Crippen LogP contribution in [-0.4, -0.2) is 34.6 Å². The molecule has 142 valence electrons. The number of carbonyl (C=O) groups excluding carboxylic acids is 3. The van der Waals surface area contributed by atoms with Gasteiger partial charge in [0, 0.05) is 5.02 Å². The number of thiophene rings is 1. The molecule has 6 nitrogen and oxygen atoms in total. The van der Waals surface area contributed by atoms with Crippen molar-refractivity contribution in [2.24, 2.45) is 0 Å². The zero-order valence-electron chi connectivity index (χ0n) is 13.3. The maximum absolute atomic E-state index is 13.7. The first-order valence-corrected chi connectivity index (χ1v) is 8.72. The molecule has 4 amide bonds. The molecule has 2 aromatic rings. The second-order valence-corrected chi connectivity index (χ2v) is 6.95. The van der Waals surface area contributed by atoms with Crippen LogP contribution in [0.3, 0.4) is 0 Å². The Balaban J connectivity index is 1.93. The van der Waals surface area contributed by atoms with Gasteiger partial charge in [0.15, 0.2) is 0 Å². The molecule has 27 heavy (non-hydrogen) atoms. The number of urea groups is 1. The summed E-state index contributed by atoms with van der Waals surface area (Å²) < 4.78 is 41.2. The second kappa shape index (κ2) is 6.86. The van der Waals surface area contributed by atoms with Crippen LogP contribution in [0.2, 0.25) is 5.02 Å². The fourth-order valence-electron chi connectivity index (χ4n) is 2.50. The summed E-state index contributed by atoms with van der Waals surface area (Å²) in [6, 6.07) is 7.59. The van der Waals surface area contributed by atoms with E-state index in [-0.39, 0.29) is 15.5 Å². The summed E-state index contributed by atoms with van der Waals surface area (Å²) in [4.78, 5) is 37.2. The summed E-state index contributed by atoms with van der Waals surface area (Å²) in [7, 11) is 0. The maximum Gasteiger partial charge on any atom is 0.440 e. The quantitative estimate of drug-likeness (QED) is 0.750. The molecule has 1 aliphatic rings. The van der Waals surface area contributed by atoms with E-state index in [0.29, 0.717) is 4.90 Å². The number of nitrogens with zero attached hydrogens (tertiary/aromatic N) is 1. The molecular formula is C16H11ClF3N3O3S. The first-order chi connectivity index (χ1) is 12.7. The highest BCUT2D eigenvalue weighted by atomic mass is 35.5. The third kappa shape index (κ3) is 3.37. The van der Waals surface area contributed by atoms with Crippen LogP contribution < -0.4 is 10.6 Å². The summed E-state index contributed by atoms with van der Waals surface area (Å²) in [6.07, 6.45) is -5.26. The number of carbonyl (C=O) groups is 3. The van der Waals surface area contributed by atoms with Gasteiger partial charge in [-0.2, -0.15) is 13.2 Å². The second-order valence-electron chi connectivity index (χ2n) is 5.59. The lowest BCUT2D eigenvalue weighted by molar-refractivity contribution is -0.200. The van der Waals surface area contributed by atoms with Gasteiger partial charge in [-0.05, 0) is 23.1 Å². The van der Waals surface area contributed by atoms with Crippen molar-refractivity contribution in [2.75, 3.05) is 0 Å². The van der Waals surface area contributed by atoms with E-state index in [4.69, 9.17) is 11.6 Å². The minimum Gasteiger partial charge on any atom is -0.313 e. The largest absolute Gasteiger partial charge is 0.440 e. The van der Waals surface area contributed by atoms with Gasteiger partial charge in [-0.25, -0.2) is 4.79 Å². The van der Waals surface area contributed by atoms with E-state index in [9.17, 15) is 27.6 Å². The molecule has 0 bridgehead atoms. The van der Waals surface area contributed by atoms with Crippen LogP contribution in [-0.2, 0) is 11.3 Å². The van der Waals surface area contributed by atoms with Crippen LogP contribution in [0, 0.1) is 0 Å². The highest BCUT2D eigenvalue weighted by molar-refractivity contribution is 7.12. The van der Waals surface area contributed by atoms with Crippen LogP contribution in [0.1, 0.15) is 15.2 Å². The number of benzene rings is 1. The number of alkyl halides is 3. The minimum atomic E-state index is -5.26. The Morgan fingerprint density at radius 3 is 2.52 bits per heavy atom. The SMILES string of the molecule is O=C(NC1(C(F)(F)F)NC(=O)N(Cc2ccccc2Cl)C1=O)c1cccs1. The minimum absolute atomic E-state index is 0.0368. The van der Waals surface area contributed by atoms with Crippen molar-refractivity contribution >= 4 is 40.8 Å². The Labute approximate surface area is 159 Å². The molecule has 1 aliphatic heterocycles. The third-order valence-electron chi connectivity index (χ3n) is 3.86. The molecule has 0 radical (unpaired) electrons. The van der Waals surface area contributed by atoms with Crippen LogP contribution in [0.25, 0.3) is 0 Å². The zero-order valence-corrected chi connectivity index (χ0v) is 14.9. The van der Waals surface area contributed by atoms with Crippen molar-refractivity contribution in [1.29, 1.82) is 0 Å². The molecule has 1 fully saturated rings. The fourth-order valence-corrected chi connectivity index (χ4v) is 3.32. The van der Waals surface area contributed by atoms with Crippen molar-refractivity contribution in [3.05, 3.63) is 57.2 Å². The van der Waals surface area contributed by atoms with Gasteiger partial charge in [-0.1, -0.05) is 35.9 Å². The lowest BCUT2D eigenvalue weighted by Crippen LogP contribution is -2.69. The Morgan fingerprint density at radius 1 is 1.22 bits per heavy atom. The summed E-state index contributed by atoms with van der Waals surface area (Å²) in [5.74, 6) is -2.76. The molecule has 2 N–H and O–H groups in total. The van der Waals surface area contributed by atoms with Crippen molar-refractivity contribution < 1.29 is 27.6 Å². The Kier molecular flexibility index (Phi) is 4.87. The summed E-state index contributed by atoms with van der Waals surface area (Å²) in [5.41, 5.74) is -3.27. The van der Waals surface area contributed by atoms with E-state index >= 15 is 0 Å². The predicted octanol–water partition coefficient (Wildman–Crippen LogP) is 3.14. The van der Waals surface area contributed by atoms with Crippen molar-refractivity contribution in [3.8, 4) is 0 Å². The number of nitrogens with one attached hydrogen (secondary N) is 2. The molecule has 1 unspecified atom stereocenters. The summed E-state index contributed by atoms with van der Waals surface area (Å²) >= 11 is 6.85. The van der Waals surface area contributed by atoms with Gasteiger partial charge in [0.2, 0.25) is 0 Å². The lowest BCUT2D eigenvalue weighted by atomic mass is 10.1. The van der Waals surface area contributed by atoms with Crippen molar-refractivity contribution in [2.45, 2.75) is 18.4 Å². The van der Waals surface area contributed by atoms with Crippen molar-refractivity contribution in [1.82, 2.24) is 15.5 Å². The van der Waals surface area contributed by atoms with E-state index in [1.54, 1.807) is 22.8 Å². The van der Waals surface area contributed by atoms with Gasteiger partial charge >= 0.3 is 12.2 Å². The third-order valence-corrected chi connectivity index (χ3v) is 5.10. The van der Waals surface area contributed by atoms with Gasteiger partial charge in [-0.3, -0.25) is 19.8 Å². The number of hydrogen-bond donors (Lipinski definition) is 2. The number of hydrogen-bond acceptors (Lipinski definition) is 4. The zero-order chi connectivity index (χ0) is 19.8. The van der Waals surface area contributed by atoms with Crippen LogP contribution >= 0.6 is 22.9 Å². The highest BCUT2D eigenvalue weighted by Gasteiger charge is 2.68. The van der Waals surface area contributed by atoms with Crippen LogP contribution in [0.15, 0.2) is 41.8 Å². The fraction of sp³-hybridized carbons (Fsp3) is 0.188. The molecule has 1 aromatic heterocycles. The topological polar surface area (TPSA) is 78.5 Å². The molecule has 3 rings (SSSR count). The van der Waals surface area contributed by atoms with Gasteiger partial charge in [0.25, 0.3) is 17.5 Å². The Hall–Kier alpha value is -2.59. The van der Waals surface area contributed by atoms with E-state index in [0.717, 1.165) is 11.3 Å². The molecule has 1 aromatic carbocycles. The smallest absolute Gasteiger partial charge is 0.313 e. The van der Waals surface area contributed by atoms with Crippen LogP contribution in [0.4, 0.5) is 18.0 Å². The summed E-state index contributed by atoms with van der Waals surface area (Å²) in [6.45, 7) is -0.475. The summed E-state index contributed by atoms with van der Waals surface area (Å²) in [5, 5.41) is 4.90. The van der Waals surface area contributed by atoms with Crippen LogP contribution in [0.5, 0.6) is 0 Å². The number of amides is 4. The maximum atomic E-state index is 13.7. The normalized spacial score (nSPS) is 19.9. The average Bonchev–Trinajstić information content (AvgIpc) is 3.20. The van der Waals surface area contributed by atoms with Gasteiger partial charge < -0.3 is 5.32 Å². The average molecular weight is 418 g/mol. The molecule has 0 aliphatic carbocycles. The molecule has 0 saturated carbocycles. The highest BCUT2D eigenvalue weighted by Crippen LogP contribution is 2.35. The van der Waals surface area contributed by atoms with E-state index in [2.05, 4.69) is 0 Å². The van der Waals surface area contributed by atoms with Gasteiger partial charge in [0.05, 0.1) is 11.4 Å². The number of imide groups is 1. The lowest BCUT2D eigenvalue weighted by Gasteiger charge is -2.29. The molecule has 1 atom stereocenters. The van der Waals surface area contributed by atoms with Gasteiger partial charge in [0.1, 0.15) is 0 Å². The Bertz CT molecular complexity index is 904. The Morgan fingerprint density at radius 2 is 1.93 bits per heavy atom.